The van der Waals surface area contributed by atoms with Crippen LogP contribution in [-0.2, 0) is 0 Å². The zero-order valence-electron chi connectivity index (χ0n) is 14.6. The Balaban J connectivity index is 2.00. The van der Waals surface area contributed by atoms with Gasteiger partial charge >= 0.3 is 0 Å². The molecule has 132 valence electrons. The molecule has 2 aromatic carbocycles. The van der Waals surface area contributed by atoms with Crippen molar-refractivity contribution in [1.29, 1.82) is 5.26 Å². The van der Waals surface area contributed by atoms with Crippen molar-refractivity contribution in [2.24, 2.45) is 0 Å². The van der Waals surface area contributed by atoms with Crippen molar-refractivity contribution in [3.8, 4) is 23.3 Å². The third kappa shape index (κ3) is 2.62. The molecule has 0 aliphatic rings. The Labute approximate surface area is 153 Å². The van der Waals surface area contributed by atoms with Crippen LogP contribution in [0.3, 0.4) is 0 Å². The van der Waals surface area contributed by atoms with Gasteiger partial charge in [0.15, 0.2) is 5.82 Å². The summed E-state index contributed by atoms with van der Waals surface area (Å²) in [7, 11) is 1.56. The molecule has 0 aliphatic carbocycles. The maximum Gasteiger partial charge on any atom is 0.289 e. The van der Waals surface area contributed by atoms with Crippen LogP contribution >= 0.6 is 0 Å². The summed E-state index contributed by atoms with van der Waals surface area (Å²) in [6.45, 7) is 1.68. The minimum absolute atomic E-state index is 0.00963. The summed E-state index contributed by atoms with van der Waals surface area (Å²) in [5, 5.41) is 22.3. The molecular formula is C19H14N6O2. The summed E-state index contributed by atoms with van der Waals surface area (Å²) in [4.78, 5) is 12.8. The number of methoxy groups -OCH3 is 1. The van der Waals surface area contributed by atoms with Crippen LogP contribution in [0.25, 0.3) is 22.5 Å². The largest absolute Gasteiger partial charge is 0.497 e. The molecule has 0 aliphatic heterocycles. The maximum atomic E-state index is 12.8. The standard InChI is InChI=1S/C19H14N6O2/c1-12-15(11-20)19(26)24(13-7-9-14(27-2)10-8-13)22-18(12)25-17-6-4-3-5-16(17)21-23-25/h3-10H,1-2H3. The molecule has 0 fully saturated rings. The van der Waals surface area contributed by atoms with Crippen molar-refractivity contribution in [3.05, 3.63) is 70.0 Å². The van der Waals surface area contributed by atoms with E-state index in [4.69, 9.17) is 4.74 Å². The Morgan fingerprint density at radius 2 is 1.81 bits per heavy atom. The molecule has 0 spiro atoms. The van der Waals surface area contributed by atoms with E-state index < -0.39 is 5.56 Å². The number of para-hydroxylation sites is 1. The van der Waals surface area contributed by atoms with Gasteiger partial charge in [0.25, 0.3) is 5.56 Å². The molecule has 0 bridgehead atoms. The van der Waals surface area contributed by atoms with Crippen LogP contribution in [0.2, 0.25) is 0 Å². The molecule has 2 aromatic heterocycles. The highest BCUT2D eigenvalue weighted by Gasteiger charge is 2.19. The lowest BCUT2D eigenvalue weighted by Gasteiger charge is -2.12. The fourth-order valence-electron chi connectivity index (χ4n) is 2.85. The van der Waals surface area contributed by atoms with Crippen molar-refractivity contribution in [2.75, 3.05) is 7.11 Å². The maximum absolute atomic E-state index is 12.8. The monoisotopic (exact) mass is 358 g/mol. The van der Waals surface area contributed by atoms with Gasteiger partial charge < -0.3 is 4.74 Å². The van der Waals surface area contributed by atoms with E-state index in [-0.39, 0.29) is 5.56 Å². The van der Waals surface area contributed by atoms with Gasteiger partial charge in [-0.15, -0.1) is 10.2 Å². The van der Waals surface area contributed by atoms with Crippen LogP contribution in [0.4, 0.5) is 0 Å². The van der Waals surface area contributed by atoms with E-state index in [0.717, 1.165) is 5.52 Å². The second-order valence-electron chi connectivity index (χ2n) is 5.84. The highest BCUT2D eigenvalue weighted by atomic mass is 16.5. The van der Waals surface area contributed by atoms with Crippen LogP contribution in [0.1, 0.15) is 11.1 Å². The second-order valence-corrected chi connectivity index (χ2v) is 5.84. The fourth-order valence-corrected chi connectivity index (χ4v) is 2.85. The van der Waals surface area contributed by atoms with Crippen LogP contribution in [0.5, 0.6) is 5.75 Å². The number of hydrogen-bond donors (Lipinski definition) is 0. The summed E-state index contributed by atoms with van der Waals surface area (Å²) in [6, 6.07) is 16.2. The van der Waals surface area contributed by atoms with Crippen molar-refractivity contribution in [2.45, 2.75) is 6.92 Å². The number of aromatic nitrogens is 5. The van der Waals surface area contributed by atoms with Gasteiger partial charge in [-0.1, -0.05) is 17.3 Å². The van der Waals surface area contributed by atoms with Gasteiger partial charge in [0.05, 0.1) is 18.3 Å². The average molecular weight is 358 g/mol. The number of benzene rings is 2. The molecule has 2 heterocycles. The first-order valence-corrected chi connectivity index (χ1v) is 8.13. The highest BCUT2D eigenvalue weighted by Crippen LogP contribution is 2.19. The van der Waals surface area contributed by atoms with Gasteiger partial charge in [-0.3, -0.25) is 4.79 Å². The van der Waals surface area contributed by atoms with Gasteiger partial charge in [-0.05, 0) is 43.3 Å². The number of fused-ring (bicyclic) bond motifs is 1. The van der Waals surface area contributed by atoms with Crippen molar-refractivity contribution < 1.29 is 4.74 Å². The van der Waals surface area contributed by atoms with Crippen LogP contribution < -0.4 is 10.3 Å². The SMILES string of the molecule is COc1ccc(-n2nc(-n3nnc4ccccc43)c(C)c(C#N)c2=O)cc1. The molecule has 0 N–H and O–H groups in total. The number of hydrogen-bond acceptors (Lipinski definition) is 6. The van der Waals surface area contributed by atoms with Gasteiger partial charge in [0.1, 0.15) is 22.9 Å². The normalized spacial score (nSPS) is 10.7. The number of nitrogens with zero attached hydrogens (tertiary/aromatic N) is 6. The summed E-state index contributed by atoms with van der Waals surface area (Å²) in [6.07, 6.45) is 0. The average Bonchev–Trinajstić information content (AvgIpc) is 3.13. The minimum atomic E-state index is -0.492. The van der Waals surface area contributed by atoms with E-state index in [9.17, 15) is 10.1 Å². The fraction of sp³-hybridized carbons (Fsp3) is 0.105. The molecule has 8 heteroatoms. The first-order valence-electron chi connectivity index (χ1n) is 8.13. The number of nitriles is 1. The predicted molar refractivity (Wildman–Crippen MR) is 98.3 cm³/mol. The summed E-state index contributed by atoms with van der Waals surface area (Å²) < 4.78 is 7.87. The van der Waals surface area contributed by atoms with E-state index in [2.05, 4.69) is 15.4 Å². The Hall–Kier alpha value is -3.99. The quantitative estimate of drug-likeness (QED) is 0.556. The van der Waals surface area contributed by atoms with E-state index >= 15 is 0 Å². The molecule has 0 atom stereocenters. The lowest BCUT2D eigenvalue weighted by Crippen LogP contribution is -2.27. The van der Waals surface area contributed by atoms with Crippen molar-refractivity contribution in [1.82, 2.24) is 24.8 Å². The first kappa shape index (κ1) is 16.5. The summed E-state index contributed by atoms with van der Waals surface area (Å²) in [5.41, 5.74) is 1.91. The Morgan fingerprint density at radius 1 is 1.07 bits per heavy atom. The number of rotatable bonds is 3. The van der Waals surface area contributed by atoms with E-state index in [1.54, 1.807) is 38.3 Å². The Kier molecular flexibility index (Phi) is 3.90. The second kappa shape index (κ2) is 6.38. The van der Waals surface area contributed by atoms with E-state index in [0.29, 0.717) is 28.3 Å². The van der Waals surface area contributed by atoms with E-state index in [1.807, 2.05) is 30.3 Å². The van der Waals surface area contributed by atoms with Gasteiger partial charge in [0, 0.05) is 5.56 Å². The zero-order valence-corrected chi connectivity index (χ0v) is 14.6. The highest BCUT2D eigenvalue weighted by molar-refractivity contribution is 5.75. The first-order chi connectivity index (χ1) is 13.1. The molecule has 4 aromatic rings. The summed E-state index contributed by atoms with van der Waals surface area (Å²) in [5.74, 6) is 1.03. The molecule has 27 heavy (non-hydrogen) atoms. The molecule has 0 saturated carbocycles. The third-order valence-corrected chi connectivity index (χ3v) is 4.29. The van der Waals surface area contributed by atoms with E-state index in [1.165, 1.54) is 9.36 Å². The van der Waals surface area contributed by atoms with Gasteiger partial charge in [-0.2, -0.15) is 14.6 Å². The molecule has 0 radical (unpaired) electrons. The van der Waals surface area contributed by atoms with Crippen LogP contribution in [0.15, 0.2) is 53.3 Å². The molecule has 0 unspecified atom stereocenters. The van der Waals surface area contributed by atoms with Crippen LogP contribution in [0, 0.1) is 18.3 Å². The zero-order chi connectivity index (χ0) is 19.0. The van der Waals surface area contributed by atoms with Crippen molar-refractivity contribution in [3.63, 3.8) is 0 Å². The molecule has 0 amide bonds. The predicted octanol–water partition coefficient (Wildman–Crippen LogP) is 2.16. The van der Waals surface area contributed by atoms with Crippen LogP contribution in [-0.4, -0.2) is 31.9 Å². The molecule has 0 saturated heterocycles. The lowest BCUT2D eigenvalue weighted by molar-refractivity contribution is 0.414. The molecule has 8 nitrogen and oxygen atoms in total. The third-order valence-electron chi connectivity index (χ3n) is 4.29. The topological polar surface area (TPSA) is 98.6 Å². The van der Waals surface area contributed by atoms with Crippen molar-refractivity contribution >= 4 is 11.0 Å². The molecular weight excluding hydrogens is 344 g/mol. The molecule has 4 rings (SSSR count). The smallest absolute Gasteiger partial charge is 0.289 e. The number of ether oxygens (including phenoxy) is 1. The van der Waals surface area contributed by atoms with Gasteiger partial charge in [-0.25, -0.2) is 0 Å². The van der Waals surface area contributed by atoms with Gasteiger partial charge in [0.2, 0.25) is 0 Å². The summed E-state index contributed by atoms with van der Waals surface area (Å²) >= 11 is 0. The Bertz CT molecular complexity index is 1250. The lowest BCUT2D eigenvalue weighted by atomic mass is 10.2. The minimum Gasteiger partial charge on any atom is -0.497 e. The Morgan fingerprint density at radius 3 is 2.52 bits per heavy atom.